The topological polar surface area (TPSA) is 62.1 Å². The molecular weight excluding hydrogens is 343 g/mol. The fraction of sp³-hybridized carbons (Fsp3) is 0.273. The molecule has 27 heavy (non-hydrogen) atoms. The van der Waals surface area contributed by atoms with E-state index in [1.807, 2.05) is 12.1 Å². The summed E-state index contributed by atoms with van der Waals surface area (Å²) in [4.78, 5) is 12.3. The molecule has 0 bridgehead atoms. The zero-order chi connectivity index (χ0) is 19.1. The fourth-order valence-corrected chi connectivity index (χ4v) is 3.09. The van der Waals surface area contributed by atoms with E-state index in [4.69, 9.17) is 4.74 Å². The van der Waals surface area contributed by atoms with Crippen LogP contribution in [-0.2, 0) is 11.4 Å². The molecule has 0 spiro atoms. The van der Waals surface area contributed by atoms with Crippen molar-refractivity contribution in [2.24, 2.45) is 0 Å². The van der Waals surface area contributed by atoms with Gasteiger partial charge in [0.05, 0.1) is 0 Å². The predicted octanol–water partition coefficient (Wildman–Crippen LogP) is 4.37. The number of carbonyl (C=O) groups excluding carboxylic acids is 1. The van der Waals surface area contributed by atoms with Gasteiger partial charge in [-0.15, -0.1) is 0 Å². The maximum absolute atomic E-state index is 12.9. The molecule has 0 aliphatic heterocycles. The van der Waals surface area contributed by atoms with Crippen molar-refractivity contribution in [2.45, 2.75) is 38.3 Å². The molecule has 0 radical (unpaired) electrons. The number of ether oxygens (including phenoxy) is 1. The standard InChI is InChI=1S/C22H21FN2O2/c23-19-10-8-16(9-11-19)15-27-21-7-3-4-17(13-21)12-18(14-24)22(26)25-20-5-1-2-6-20/h3-4,7-13,20H,1-2,5-6,15H2,(H,25,26)/b18-12-. The lowest BCUT2D eigenvalue weighted by Crippen LogP contribution is -2.33. The van der Waals surface area contributed by atoms with Crippen molar-refractivity contribution in [3.05, 3.63) is 71.0 Å². The minimum atomic E-state index is -0.331. The highest BCUT2D eigenvalue weighted by Gasteiger charge is 2.19. The van der Waals surface area contributed by atoms with Gasteiger partial charge in [-0.05, 0) is 54.3 Å². The van der Waals surface area contributed by atoms with Crippen LogP contribution in [0.4, 0.5) is 4.39 Å². The quantitative estimate of drug-likeness (QED) is 0.611. The van der Waals surface area contributed by atoms with Gasteiger partial charge < -0.3 is 10.1 Å². The van der Waals surface area contributed by atoms with Crippen molar-refractivity contribution in [1.82, 2.24) is 5.32 Å². The molecule has 0 aromatic heterocycles. The van der Waals surface area contributed by atoms with E-state index < -0.39 is 0 Å². The number of nitriles is 1. The van der Waals surface area contributed by atoms with E-state index in [2.05, 4.69) is 5.32 Å². The molecular formula is C22H21FN2O2. The van der Waals surface area contributed by atoms with E-state index in [1.165, 1.54) is 12.1 Å². The van der Waals surface area contributed by atoms with Crippen LogP contribution in [0.1, 0.15) is 36.8 Å². The third kappa shape index (κ3) is 5.42. The lowest BCUT2D eigenvalue weighted by Gasteiger charge is -2.11. The third-order valence-electron chi connectivity index (χ3n) is 4.54. The Balaban J connectivity index is 1.65. The Morgan fingerprint density at radius 2 is 1.96 bits per heavy atom. The molecule has 1 fully saturated rings. The third-order valence-corrected chi connectivity index (χ3v) is 4.54. The summed E-state index contributed by atoms with van der Waals surface area (Å²) in [5.41, 5.74) is 1.65. The Morgan fingerprint density at radius 3 is 2.67 bits per heavy atom. The highest BCUT2D eigenvalue weighted by atomic mass is 19.1. The highest BCUT2D eigenvalue weighted by molar-refractivity contribution is 6.01. The van der Waals surface area contributed by atoms with Crippen molar-refractivity contribution in [3.8, 4) is 11.8 Å². The Bertz CT molecular complexity index is 863. The first kappa shape index (κ1) is 18.7. The van der Waals surface area contributed by atoms with Crippen molar-refractivity contribution in [2.75, 3.05) is 0 Å². The molecule has 138 valence electrons. The number of amides is 1. The van der Waals surface area contributed by atoms with Gasteiger partial charge in [0.2, 0.25) is 0 Å². The van der Waals surface area contributed by atoms with Crippen LogP contribution in [0, 0.1) is 17.1 Å². The van der Waals surface area contributed by atoms with Gasteiger partial charge in [-0.1, -0.05) is 37.1 Å². The van der Waals surface area contributed by atoms with Gasteiger partial charge >= 0.3 is 0 Å². The predicted molar refractivity (Wildman–Crippen MR) is 101 cm³/mol. The SMILES string of the molecule is N#C/C(=C/c1cccc(OCc2ccc(F)cc2)c1)C(=O)NC1CCCC1. The second kappa shape index (κ2) is 9.00. The summed E-state index contributed by atoms with van der Waals surface area (Å²) in [5.74, 6) is -0.00519. The molecule has 0 heterocycles. The van der Waals surface area contributed by atoms with Crippen LogP contribution in [0.15, 0.2) is 54.1 Å². The summed E-state index contributed by atoms with van der Waals surface area (Å²) >= 11 is 0. The van der Waals surface area contributed by atoms with Crippen molar-refractivity contribution < 1.29 is 13.9 Å². The minimum absolute atomic E-state index is 0.0811. The average molecular weight is 364 g/mol. The monoisotopic (exact) mass is 364 g/mol. The van der Waals surface area contributed by atoms with E-state index in [-0.39, 0.29) is 23.3 Å². The molecule has 1 amide bonds. The van der Waals surface area contributed by atoms with Gasteiger partial charge in [-0.2, -0.15) is 5.26 Å². The average Bonchev–Trinajstić information content (AvgIpc) is 3.19. The molecule has 2 aromatic rings. The molecule has 1 N–H and O–H groups in total. The highest BCUT2D eigenvalue weighted by Crippen LogP contribution is 2.20. The van der Waals surface area contributed by atoms with E-state index >= 15 is 0 Å². The second-order valence-electron chi connectivity index (χ2n) is 6.61. The van der Waals surface area contributed by atoms with Crippen molar-refractivity contribution >= 4 is 12.0 Å². The van der Waals surface area contributed by atoms with Crippen LogP contribution in [0.2, 0.25) is 0 Å². The fourth-order valence-electron chi connectivity index (χ4n) is 3.09. The molecule has 0 unspecified atom stereocenters. The zero-order valence-corrected chi connectivity index (χ0v) is 15.0. The lowest BCUT2D eigenvalue weighted by atomic mass is 10.1. The molecule has 1 aliphatic rings. The number of rotatable bonds is 6. The number of halogens is 1. The normalized spacial score (nSPS) is 14.6. The van der Waals surface area contributed by atoms with Crippen LogP contribution in [0.3, 0.4) is 0 Å². The van der Waals surface area contributed by atoms with Crippen LogP contribution >= 0.6 is 0 Å². The Labute approximate surface area is 158 Å². The minimum Gasteiger partial charge on any atom is -0.489 e. The summed E-state index contributed by atoms with van der Waals surface area (Å²) in [6.07, 6.45) is 5.73. The molecule has 1 aliphatic carbocycles. The number of hydrogen-bond acceptors (Lipinski definition) is 3. The molecule has 1 saturated carbocycles. The summed E-state index contributed by atoms with van der Waals surface area (Å²) in [6.45, 7) is 0.306. The van der Waals surface area contributed by atoms with E-state index in [0.29, 0.717) is 17.9 Å². The summed E-state index contributed by atoms with van der Waals surface area (Å²) in [5, 5.41) is 12.3. The van der Waals surface area contributed by atoms with Gasteiger partial charge in [0.1, 0.15) is 29.8 Å². The van der Waals surface area contributed by atoms with Gasteiger partial charge in [0.15, 0.2) is 0 Å². The molecule has 5 heteroatoms. The van der Waals surface area contributed by atoms with Gasteiger partial charge in [-0.3, -0.25) is 4.79 Å². The number of carbonyl (C=O) groups is 1. The zero-order valence-electron chi connectivity index (χ0n) is 15.0. The van der Waals surface area contributed by atoms with Gasteiger partial charge in [0, 0.05) is 6.04 Å². The summed E-state index contributed by atoms with van der Waals surface area (Å²) in [6, 6.07) is 15.4. The van der Waals surface area contributed by atoms with Crippen molar-refractivity contribution in [3.63, 3.8) is 0 Å². The van der Waals surface area contributed by atoms with E-state index in [9.17, 15) is 14.4 Å². The molecule has 4 nitrogen and oxygen atoms in total. The second-order valence-corrected chi connectivity index (χ2v) is 6.61. The number of nitrogens with one attached hydrogen (secondary N) is 1. The van der Waals surface area contributed by atoms with Crippen LogP contribution in [0.5, 0.6) is 5.75 Å². The summed E-state index contributed by atoms with van der Waals surface area (Å²) in [7, 11) is 0. The maximum Gasteiger partial charge on any atom is 0.262 e. The molecule has 0 atom stereocenters. The van der Waals surface area contributed by atoms with Gasteiger partial charge in [-0.25, -0.2) is 4.39 Å². The number of benzene rings is 2. The van der Waals surface area contributed by atoms with E-state index in [0.717, 1.165) is 31.2 Å². The van der Waals surface area contributed by atoms with E-state index in [1.54, 1.807) is 36.4 Å². The first-order valence-corrected chi connectivity index (χ1v) is 9.04. The largest absolute Gasteiger partial charge is 0.489 e. The van der Waals surface area contributed by atoms with Gasteiger partial charge in [0.25, 0.3) is 5.91 Å². The van der Waals surface area contributed by atoms with Crippen LogP contribution in [-0.4, -0.2) is 11.9 Å². The van der Waals surface area contributed by atoms with Crippen molar-refractivity contribution in [1.29, 1.82) is 5.26 Å². The van der Waals surface area contributed by atoms with Crippen LogP contribution < -0.4 is 10.1 Å². The Kier molecular flexibility index (Phi) is 6.22. The first-order chi connectivity index (χ1) is 13.1. The maximum atomic E-state index is 12.9. The summed E-state index contributed by atoms with van der Waals surface area (Å²) < 4.78 is 18.7. The molecule has 2 aromatic carbocycles. The Hall–Kier alpha value is -3.13. The Morgan fingerprint density at radius 1 is 1.22 bits per heavy atom. The lowest BCUT2D eigenvalue weighted by molar-refractivity contribution is -0.117. The number of hydrogen-bond donors (Lipinski definition) is 1. The molecule has 0 saturated heterocycles. The first-order valence-electron chi connectivity index (χ1n) is 9.04. The number of nitrogens with zero attached hydrogens (tertiary/aromatic N) is 1. The molecule has 3 rings (SSSR count). The smallest absolute Gasteiger partial charge is 0.262 e. The van der Waals surface area contributed by atoms with Crippen LogP contribution in [0.25, 0.3) is 6.08 Å².